The molecule has 0 fully saturated rings. The van der Waals surface area contributed by atoms with Crippen LogP contribution in [0, 0.1) is 10.1 Å². The highest BCUT2D eigenvalue weighted by Crippen LogP contribution is 2.17. The first-order valence-electron chi connectivity index (χ1n) is 4.10. The maximum atomic E-state index is 10.8. The van der Waals surface area contributed by atoms with E-state index in [0.717, 1.165) is 10.9 Å². The van der Waals surface area contributed by atoms with Gasteiger partial charge >= 0.3 is 11.8 Å². The second-order valence-corrected chi connectivity index (χ2v) is 2.98. The molecule has 3 N–H and O–H groups in total. The number of carboxylic acids is 1. The minimum atomic E-state index is -1.23. The van der Waals surface area contributed by atoms with Gasteiger partial charge in [0.1, 0.15) is 0 Å². The molecule has 0 bridgehead atoms. The molecule has 0 radical (unpaired) electrons. The first-order valence-corrected chi connectivity index (χ1v) is 4.10. The Kier molecular flexibility index (Phi) is 2.88. The molecule has 0 aromatic carbocycles. The third kappa shape index (κ3) is 1.97. The number of carbonyl (C=O) groups is 2. The number of amides is 1. The van der Waals surface area contributed by atoms with Gasteiger partial charge in [0.15, 0.2) is 11.6 Å². The molecule has 16 heavy (non-hydrogen) atoms. The number of carboxylic acid groups (broad SMARTS) is 1. The highest BCUT2D eigenvalue weighted by Gasteiger charge is 2.28. The Morgan fingerprint density at radius 1 is 1.69 bits per heavy atom. The number of nitrogens with zero attached hydrogens (tertiary/aromatic N) is 3. The van der Waals surface area contributed by atoms with E-state index >= 15 is 0 Å². The van der Waals surface area contributed by atoms with Crippen molar-refractivity contribution in [3.63, 3.8) is 0 Å². The summed E-state index contributed by atoms with van der Waals surface area (Å²) in [6.45, 7) is 1.27. The number of nitrogens with two attached hydrogens (primary N) is 1. The van der Waals surface area contributed by atoms with Crippen molar-refractivity contribution >= 4 is 17.7 Å². The average Bonchev–Trinajstić information content (AvgIpc) is 2.60. The van der Waals surface area contributed by atoms with Crippen LogP contribution >= 0.6 is 0 Å². The summed E-state index contributed by atoms with van der Waals surface area (Å²) in [6.07, 6.45) is 0.944. The molecule has 9 nitrogen and oxygen atoms in total. The van der Waals surface area contributed by atoms with Gasteiger partial charge in [-0.25, -0.2) is 4.79 Å². The van der Waals surface area contributed by atoms with Gasteiger partial charge in [-0.05, 0) is 11.8 Å². The number of carbonyl (C=O) groups excluding carboxylic acids is 1. The van der Waals surface area contributed by atoms with Crippen molar-refractivity contribution in [3.8, 4) is 0 Å². The molecule has 0 aliphatic carbocycles. The minimum Gasteiger partial charge on any atom is -0.480 e. The normalized spacial score (nSPS) is 12.1. The predicted octanol–water partition coefficient (Wildman–Crippen LogP) is -0.464. The van der Waals surface area contributed by atoms with Gasteiger partial charge in [-0.2, -0.15) is 4.68 Å². The van der Waals surface area contributed by atoms with Gasteiger partial charge < -0.3 is 21.0 Å². The quantitative estimate of drug-likeness (QED) is 0.527. The van der Waals surface area contributed by atoms with E-state index in [1.165, 1.54) is 6.92 Å². The van der Waals surface area contributed by atoms with Crippen LogP contribution in [0.1, 0.15) is 23.3 Å². The lowest BCUT2D eigenvalue weighted by Crippen LogP contribution is -2.16. The molecular formula is C7H8N4O5. The standard InChI is InChI=1S/C7H8N4O5/c1-3(7(13)14)10-2-4(5(8)12)6(9-10)11(15)16/h2-3H,1H3,(H2,8,12)(H,13,14). The van der Waals surface area contributed by atoms with Crippen LogP contribution in [-0.2, 0) is 4.79 Å². The van der Waals surface area contributed by atoms with Gasteiger partial charge in [0.25, 0.3) is 5.91 Å². The van der Waals surface area contributed by atoms with Crippen LogP contribution in [0.4, 0.5) is 5.82 Å². The zero-order chi connectivity index (χ0) is 12.5. The number of nitro groups is 1. The second-order valence-electron chi connectivity index (χ2n) is 2.98. The molecule has 0 aliphatic heterocycles. The molecule has 1 heterocycles. The smallest absolute Gasteiger partial charge is 0.402 e. The Labute approximate surface area is 88.6 Å². The molecule has 86 valence electrons. The van der Waals surface area contributed by atoms with E-state index in [9.17, 15) is 19.7 Å². The lowest BCUT2D eigenvalue weighted by atomic mass is 10.3. The fourth-order valence-corrected chi connectivity index (χ4v) is 1.00. The average molecular weight is 228 g/mol. The molecule has 1 aromatic rings. The summed E-state index contributed by atoms with van der Waals surface area (Å²) in [6, 6.07) is -1.12. The number of rotatable bonds is 4. The van der Waals surface area contributed by atoms with E-state index in [0.29, 0.717) is 0 Å². The number of primary amides is 1. The number of aromatic nitrogens is 2. The maximum absolute atomic E-state index is 10.8. The summed E-state index contributed by atoms with van der Waals surface area (Å²) in [7, 11) is 0. The van der Waals surface area contributed by atoms with E-state index in [-0.39, 0.29) is 0 Å². The first kappa shape index (κ1) is 11.6. The van der Waals surface area contributed by atoms with Crippen molar-refractivity contribution in [2.24, 2.45) is 5.73 Å². The third-order valence-corrected chi connectivity index (χ3v) is 1.91. The molecular weight excluding hydrogens is 220 g/mol. The molecule has 1 unspecified atom stereocenters. The molecule has 1 aromatic heterocycles. The van der Waals surface area contributed by atoms with Gasteiger partial charge in [0.2, 0.25) is 0 Å². The Balaban J connectivity index is 3.26. The molecule has 9 heteroatoms. The third-order valence-electron chi connectivity index (χ3n) is 1.91. The molecule has 1 rings (SSSR count). The largest absolute Gasteiger partial charge is 0.480 e. The Bertz CT molecular complexity index is 434. The Hall–Kier alpha value is -2.45. The SMILES string of the molecule is CC(C(=O)O)n1cc(C(N)=O)c([N+](=O)[O-])n1. The highest BCUT2D eigenvalue weighted by molar-refractivity contribution is 5.96. The minimum absolute atomic E-state index is 0.418. The van der Waals surface area contributed by atoms with Crippen LogP contribution in [0.15, 0.2) is 6.20 Å². The van der Waals surface area contributed by atoms with Crippen LogP contribution in [0.25, 0.3) is 0 Å². The summed E-state index contributed by atoms with van der Waals surface area (Å²) in [5.41, 5.74) is 4.48. The topological polar surface area (TPSA) is 141 Å². The van der Waals surface area contributed by atoms with Crippen molar-refractivity contribution in [3.05, 3.63) is 21.9 Å². The number of hydrogen-bond donors (Lipinski definition) is 2. The van der Waals surface area contributed by atoms with Gasteiger partial charge in [0.05, 0.1) is 11.3 Å². The maximum Gasteiger partial charge on any atom is 0.402 e. The van der Waals surface area contributed by atoms with Gasteiger partial charge in [0, 0.05) is 0 Å². The lowest BCUT2D eigenvalue weighted by molar-refractivity contribution is -0.390. The summed E-state index contributed by atoms with van der Waals surface area (Å²) in [5, 5.41) is 22.6. The van der Waals surface area contributed by atoms with Gasteiger partial charge in [-0.15, -0.1) is 0 Å². The van der Waals surface area contributed by atoms with Crippen molar-refractivity contribution < 1.29 is 19.6 Å². The summed E-state index contributed by atoms with van der Waals surface area (Å²) in [5.74, 6) is -3.01. The van der Waals surface area contributed by atoms with Crippen LogP contribution < -0.4 is 5.73 Å². The number of aliphatic carboxylic acids is 1. The fourth-order valence-electron chi connectivity index (χ4n) is 1.00. The highest BCUT2D eigenvalue weighted by atomic mass is 16.6. The van der Waals surface area contributed by atoms with E-state index in [1.54, 1.807) is 0 Å². The van der Waals surface area contributed by atoms with Crippen molar-refractivity contribution in [1.82, 2.24) is 9.78 Å². The zero-order valence-corrected chi connectivity index (χ0v) is 8.15. The van der Waals surface area contributed by atoms with Crippen LogP contribution in [0.2, 0.25) is 0 Å². The van der Waals surface area contributed by atoms with Gasteiger partial charge in [-0.3, -0.25) is 4.79 Å². The van der Waals surface area contributed by atoms with Crippen LogP contribution in [0.3, 0.4) is 0 Å². The van der Waals surface area contributed by atoms with Gasteiger partial charge in [-0.1, -0.05) is 0 Å². The first-order chi connectivity index (χ1) is 7.34. The predicted molar refractivity (Wildman–Crippen MR) is 49.7 cm³/mol. The molecule has 1 atom stereocenters. The Morgan fingerprint density at radius 3 is 2.56 bits per heavy atom. The van der Waals surface area contributed by atoms with Crippen molar-refractivity contribution in [2.75, 3.05) is 0 Å². The second kappa shape index (κ2) is 3.96. The Morgan fingerprint density at radius 2 is 2.25 bits per heavy atom. The van der Waals surface area contributed by atoms with E-state index in [1.807, 2.05) is 0 Å². The molecule has 0 aliphatic rings. The molecule has 0 saturated carbocycles. The van der Waals surface area contributed by atoms with Crippen molar-refractivity contribution in [2.45, 2.75) is 13.0 Å². The van der Waals surface area contributed by atoms with Crippen molar-refractivity contribution in [1.29, 1.82) is 0 Å². The molecule has 0 saturated heterocycles. The summed E-state index contributed by atoms with van der Waals surface area (Å²) >= 11 is 0. The van der Waals surface area contributed by atoms with E-state index in [2.05, 4.69) is 5.10 Å². The lowest BCUT2D eigenvalue weighted by Gasteiger charge is -1.99. The monoisotopic (exact) mass is 228 g/mol. The molecule has 0 spiro atoms. The van der Waals surface area contributed by atoms with E-state index < -0.39 is 34.2 Å². The van der Waals surface area contributed by atoms with Crippen LogP contribution in [0.5, 0.6) is 0 Å². The summed E-state index contributed by atoms with van der Waals surface area (Å²) < 4.78 is 0.806. The zero-order valence-electron chi connectivity index (χ0n) is 8.15. The molecule has 1 amide bonds. The van der Waals surface area contributed by atoms with E-state index in [4.69, 9.17) is 10.8 Å². The number of hydrogen-bond acceptors (Lipinski definition) is 5. The fraction of sp³-hybridized carbons (Fsp3) is 0.286. The summed E-state index contributed by atoms with van der Waals surface area (Å²) in [4.78, 5) is 31.1. The van der Waals surface area contributed by atoms with Crippen LogP contribution in [-0.4, -0.2) is 31.7 Å².